The number of rotatable bonds is 5. The van der Waals surface area contributed by atoms with E-state index in [2.05, 4.69) is 36.2 Å². The molecule has 0 fully saturated rings. The SMILES string of the molecule is C/C(=N\N=c1\sc(C(=O)c2cc3cc(Br)ccc3o2)nn1-c1ccccc1)c1ccccn1. The number of para-hydroxylation sites is 1. The van der Waals surface area contributed by atoms with Crippen LogP contribution in [0.4, 0.5) is 0 Å². The molecule has 0 aliphatic carbocycles. The quantitative estimate of drug-likeness (QED) is 0.177. The number of ketones is 1. The molecule has 5 aromatic rings. The number of carbonyl (C=O) groups excluding carboxylic acids is 1. The number of hydrogen-bond donors (Lipinski definition) is 0. The Kier molecular flexibility index (Phi) is 5.80. The van der Waals surface area contributed by atoms with Gasteiger partial charge in [0.1, 0.15) is 5.58 Å². The fourth-order valence-corrected chi connectivity index (χ4v) is 4.33. The van der Waals surface area contributed by atoms with Crippen molar-refractivity contribution in [3.63, 3.8) is 0 Å². The van der Waals surface area contributed by atoms with E-state index in [1.54, 1.807) is 16.9 Å². The molecular formula is C24H16BrN5O2S. The molecule has 5 rings (SSSR count). The molecule has 3 heterocycles. The Labute approximate surface area is 200 Å². The summed E-state index contributed by atoms with van der Waals surface area (Å²) in [4.78, 5) is 17.9. The smallest absolute Gasteiger partial charge is 0.258 e. The lowest BCUT2D eigenvalue weighted by Gasteiger charge is -1.99. The number of carbonyl (C=O) groups is 1. The molecule has 33 heavy (non-hydrogen) atoms. The zero-order valence-corrected chi connectivity index (χ0v) is 19.7. The molecule has 0 N–H and O–H groups in total. The van der Waals surface area contributed by atoms with Crippen molar-refractivity contribution in [2.45, 2.75) is 6.92 Å². The van der Waals surface area contributed by atoms with Crippen molar-refractivity contribution in [2.24, 2.45) is 10.2 Å². The fraction of sp³-hybridized carbons (Fsp3) is 0.0417. The number of fused-ring (bicyclic) bond motifs is 1. The Balaban J connectivity index is 1.59. The van der Waals surface area contributed by atoms with Crippen LogP contribution in [0.2, 0.25) is 0 Å². The molecule has 0 unspecified atom stereocenters. The normalized spacial score (nSPS) is 12.4. The van der Waals surface area contributed by atoms with E-state index >= 15 is 0 Å². The monoisotopic (exact) mass is 517 g/mol. The van der Waals surface area contributed by atoms with Gasteiger partial charge in [-0.1, -0.05) is 51.5 Å². The third kappa shape index (κ3) is 4.46. The van der Waals surface area contributed by atoms with E-state index in [0.717, 1.165) is 32.6 Å². The van der Waals surface area contributed by atoms with Gasteiger partial charge < -0.3 is 4.42 Å². The van der Waals surface area contributed by atoms with E-state index in [-0.39, 0.29) is 16.6 Å². The lowest BCUT2D eigenvalue weighted by Crippen LogP contribution is -2.14. The van der Waals surface area contributed by atoms with E-state index in [1.165, 1.54) is 0 Å². The highest BCUT2D eigenvalue weighted by atomic mass is 79.9. The number of furan rings is 1. The minimum absolute atomic E-state index is 0.219. The van der Waals surface area contributed by atoms with Crippen LogP contribution < -0.4 is 4.80 Å². The van der Waals surface area contributed by atoms with Crippen LogP contribution in [0.1, 0.15) is 28.2 Å². The summed E-state index contributed by atoms with van der Waals surface area (Å²) in [6.45, 7) is 1.83. The van der Waals surface area contributed by atoms with Crippen LogP contribution >= 0.6 is 27.3 Å². The highest BCUT2D eigenvalue weighted by molar-refractivity contribution is 9.10. The number of nitrogens with zero attached hydrogens (tertiary/aromatic N) is 5. The second-order valence-corrected chi connectivity index (χ2v) is 8.93. The van der Waals surface area contributed by atoms with Crippen LogP contribution in [-0.4, -0.2) is 26.3 Å². The molecule has 162 valence electrons. The molecular weight excluding hydrogens is 502 g/mol. The fourth-order valence-electron chi connectivity index (χ4n) is 3.15. The van der Waals surface area contributed by atoms with Crippen molar-refractivity contribution >= 4 is 49.7 Å². The van der Waals surface area contributed by atoms with Gasteiger partial charge in [0.2, 0.25) is 4.80 Å². The number of aromatic nitrogens is 3. The maximum Gasteiger partial charge on any atom is 0.258 e. The topological polar surface area (TPSA) is 85.6 Å². The average molecular weight is 518 g/mol. The Morgan fingerprint density at radius 2 is 1.88 bits per heavy atom. The molecule has 0 radical (unpaired) electrons. The Bertz CT molecular complexity index is 1550. The van der Waals surface area contributed by atoms with Crippen molar-refractivity contribution in [1.29, 1.82) is 0 Å². The first-order valence-corrected chi connectivity index (χ1v) is 11.6. The van der Waals surface area contributed by atoms with E-state index < -0.39 is 0 Å². The molecule has 0 bridgehead atoms. The predicted molar refractivity (Wildman–Crippen MR) is 131 cm³/mol. The van der Waals surface area contributed by atoms with Crippen LogP contribution in [0.5, 0.6) is 0 Å². The van der Waals surface area contributed by atoms with Crippen molar-refractivity contribution in [3.8, 4) is 5.69 Å². The van der Waals surface area contributed by atoms with Gasteiger partial charge in [0.05, 0.1) is 17.1 Å². The van der Waals surface area contributed by atoms with Crippen molar-refractivity contribution in [2.75, 3.05) is 0 Å². The zero-order valence-electron chi connectivity index (χ0n) is 17.3. The predicted octanol–water partition coefficient (Wildman–Crippen LogP) is 5.39. The van der Waals surface area contributed by atoms with Gasteiger partial charge >= 0.3 is 0 Å². The molecule has 0 aliphatic heterocycles. The van der Waals surface area contributed by atoms with Gasteiger partial charge in [-0.25, -0.2) is 4.68 Å². The van der Waals surface area contributed by atoms with Crippen molar-refractivity contribution in [3.05, 3.63) is 105 Å². The van der Waals surface area contributed by atoms with Gasteiger partial charge in [-0.3, -0.25) is 9.78 Å². The second kappa shape index (κ2) is 9.05. The largest absolute Gasteiger partial charge is 0.452 e. The highest BCUT2D eigenvalue weighted by Crippen LogP contribution is 2.25. The summed E-state index contributed by atoms with van der Waals surface area (Å²) < 4.78 is 8.28. The number of benzene rings is 2. The molecule has 9 heteroatoms. The molecule has 0 aliphatic rings. The first-order chi connectivity index (χ1) is 16.1. The summed E-state index contributed by atoms with van der Waals surface area (Å²) in [7, 11) is 0. The number of hydrogen-bond acceptors (Lipinski definition) is 7. The van der Waals surface area contributed by atoms with Gasteiger partial charge in [-0.2, -0.15) is 10.2 Å². The maximum atomic E-state index is 13.2. The van der Waals surface area contributed by atoms with Gasteiger partial charge in [0.25, 0.3) is 5.78 Å². The minimum atomic E-state index is -0.316. The Morgan fingerprint density at radius 1 is 1.06 bits per heavy atom. The molecule has 7 nitrogen and oxygen atoms in total. The minimum Gasteiger partial charge on any atom is -0.452 e. The second-order valence-electron chi connectivity index (χ2n) is 7.06. The van der Waals surface area contributed by atoms with E-state index in [0.29, 0.717) is 16.1 Å². The maximum absolute atomic E-state index is 13.2. The third-order valence-corrected chi connectivity index (χ3v) is 6.17. The summed E-state index contributed by atoms with van der Waals surface area (Å²) in [6.07, 6.45) is 1.70. The lowest BCUT2D eigenvalue weighted by atomic mass is 10.2. The number of halogens is 1. The summed E-state index contributed by atoms with van der Waals surface area (Å²) in [5.41, 5.74) is 2.78. The van der Waals surface area contributed by atoms with Crippen LogP contribution in [-0.2, 0) is 0 Å². The van der Waals surface area contributed by atoms with Gasteiger partial charge in [-0.05, 0) is 55.5 Å². The molecule has 2 aromatic carbocycles. The highest BCUT2D eigenvalue weighted by Gasteiger charge is 2.20. The van der Waals surface area contributed by atoms with Gasteiger partial charge in [0.15, 0.2) is 10.8 Å². The number of pyridine rings is 1. The van der Waals surface area contributed by atoms with Crippen LogP contribution in [0.15, 0.2) is 98.1 Å². The van der Waals surface area contributed by atoms with Gasteiger partial charge in [-0.15, -0.1) is 5.10 Å². The van der Waals surface area contributed by atoms with Crippen LogP contribution in [0.3, 0.4) is 0 Å². The standard InChI is InChI=1S/C24H16BrN5O2S/c1-15(19-9-5-6-12-26-19)27-28-24-30(18-7-3-2-4-8-18)29-23(33-24)22(31)21-14-16-13-17(25)10-11-20(16)32-21/h2-14H,1H3/b27-15+,28-24+. The molecule has 3 aromatic heterocycles. The van der Waals surface area contributed by atoms with Crippen LogP contribution in [0.25, 0.3) is 16.7 Å². The zero-order chi connectivity index (χ0) is 22.8. The van der Waals surface area contributed by atoms with Crippen LogP contribution in [0, 0.1) is 0 Å². The van der Waals surface area contributed by atoms with E-state index in [4.69, 9.17) is 4.42 Å². The lowest BCUT2D eigenvalue weighted by molar-refractivity contribution is 0.101. The molecule has 0 amide bonds. The Hall–Kier alpha value is -3.69. The molecule has 0 spiro atoms. The Morgan fingerprint density at radius 3 is 2.67 bits per heavy atom. The first kappa shape index (κ1) is 21.2. The molecule has 0 atom stereocenters. The average Bonchev–Trinajstić information content (AvgIpc) is 3.47. The van der Waals surface area contributed by atoms with E-state index in [1.807, 2.05) is 73.7 Å². The molecule has 0 saturated carbocycles. The van der Waals surface area contributed by atoms with Crippen molar-refractivity contribution in [1.82, 2.24) is 14.8 Å². The molecule has 0 saturated heterocycles. The van der Waals surface area contributed by atoms with Gasteiger partial charge in [0, 0.05) is 16.1 Å². The summed E-state index contributed by atoms with van der Waals surface area (Å²) in [6, 6.07) is 22.4. The van der Waals surface area contributed by atoms with E-state index in [9.17, 15) is 4.79 Å². The summed E-state index contributed by atoms with van der Waals surface area (Å²) >= 11 is 4.58. The first-order valence-electron chi connectivity index (χ1n) is 9.97. The van der Waals surface area contributed by atoms with Crippen molar-refractivity contribution < 1.29 is 9.21 Å². The third-order valence-electron chi connectivity index (χ3n) is 4.78. The summed E-state index contributed by atoms with van der Waals surface area (Å²) in [5, 5.41) is 14.3. The summed E-state index contributed by atoms with van der Waals surface area (Å²) in [5.74, 6) is -0.0966.